The molecule has 0 saturated carbocycles. The van der Waals surface area contributed by atoms with Crippen molar-refractivity contribution in [2.75, 3.05) is 5.73 Å². The van der Waals surface area contributed by atoms with E-state index in [0.29, 0.717) is 12.2 Å². The lowest BCUT2D eigenvalue weighted by Gasteiger charge is -2.11. The van der Waals surface area contributed by atoms with Gasteiger partial charge in [-0.15, -0.1) is 0 Å². The van der Waals surface area contributed by atoms with Crippen molar-refractivity contribution in [2.45, 2.75) is 13.0 Å². The first-order valence-electron chi connectivity index (χ1n) is 3.69. The van der Waals surface area contributed by atoms with Crippen molar-refractivity contribution in [3.63, 3.8) is 0 Å². The van der Waals surface area contributed by atoms with E-state index in [4.69, 9.17) is 10.5 Å². The average molecular weight is 165 g/mol. The Morgan fingerprint density at radius 3 is 2.75 bits per heavy atom. The fourth-order valence-corrected chi connectivity index (χ4v) is 1.04. The van der Waals surface area contributed by atoms with Crippen molar-refractivity contribution in [1.82, 2.24) is 0 Å². The number of carbonyl (C=O) groups is 1. The fourth-order valence-electron chi connectivity index (χ4n) is 1.04. The summed E-state index contributed by atoms with van der Waals surface area (Å²) in [5.41, 5.74) is 7.14. The highest BCUT2D eigenvalue weighted by atomic mass is 16.5. The molecule has 3 heteroatoms. The summed E-state index contributed by atoms with van der Waals surface area (Å²) >= 11 is 0. The largest absolute Gasteiger partial charge is 0.460 e. The van der Waals surface area contributed by atoms with Gasteiger partial charge in [-0.25, -0.2) is 0 Å². The SMILES string of the molecule is CC(OC=O)c1ccccc1N. The molecule has 0 amide bonds. The molecule has 0 saturated heterocycles. The van der Waals surface area contributed by atoms with Gasteiger partial charge < -0.3 is 10.5 Å². The monoisotopic (exact) mass is 165 g/mol. The Kier molecular flexibility index (Phi) is 2.69. The van der Waals surface area contributed by atoms with Gasteiger partial charge in [0.25, 0.3) is 6.47 Å². The van der Waals surface area contributed by atoms with Gasteiger partial charge in [0.05, 0.1) is 0 Å². The van der Waals surface area contributed by atoms with Gasteiger partial charge in [0.2, 0.25) is 0 Å². The maximum absolute atomic E-state index is 10.0. The Labute approximate surface area is 71.1 Å². The highest BCUT2D eigenvalue weighted by Gasteiger charge is 2.07. The van der Waals surface area contributed by atoms with E-state index >= 15 is 0 Å². The summed E-state index contributed by atoms with van der Waals surface area (Å²) in [6, 6.07) is 7.31. The van der Waals surface area contributed by atoms with Crippen LogP contribution in [0.2, 0.25) is 0 Å². The summed E-state index contributed by atoms with van der Waals surface area (Å²) in [5.74, 6) is 0. The zero-order chi connectivity index (χ0) is 8.97. The molecule has 64 valence electrons. The van der Waals surface area contributed by atoms with Crippen LogP contribution in [0.3, 0.4) is 0 Å². The molecule has 0 radical (unpaired) electrons. The third-order valence-corrected chi connectivity index (χ3v) is 1.69. The van der Waals surface area contributed by atoms with Crippen molar-refractivity contribution in [3.05, 3.63) is 29.8 Å². The Balaban J connectivity index is 2.86. The molecule has 0 aromatic heterocycles. The van der Waals surface area contributed by atoms with Crippen LogP contribution in [0.1, 0.15) is 18.6 Å². The van der Waals surface area contributed by atoms with Gasteiger partial charge in [0.1, 0.15) is 6.10 Å². The number of ether oxygens (including phenoxy) is 1. The quantitative estimate of drug-likeness (QED) is 0.545. The lowest BCUT2D eigenvalue weighted by molar-refractivity contribution is -0.133. The molecule has 0 aliphatic rings. The standard InChI is InChI=1S/C9H11NO2/c1-7(12-6-11)8-4-2-3-5-9(8)10/h2-7H,10H2,1H3. The number of rotatable bonds is 3. The van der Waals surface area contributed by atoms with Gasteiger partial charge in [0.15, 0.2) is 0 Å². The Hall–Kier alpha value is -1.51. The predicted octanol–water partition coefficient (Wildman–Crippen LogP) is 1.50. The van der Waals surface area contributed by atoms with Crippen molar-refractivity contribution in [2.24, 2.45) is 0 Å². The maximum Gasteiger partial charge on any atom is 0.293 e. The smallest absolute Gasteiger partial charge is 0.293 e. The maximum atomic E-state index is 10.0. The molecule has 1 aromatic rings. The van der Waals surface area contributed by atoms with Crippen LogP contribution in [-0.4, -0.2) is 6.47 Å². The van der Waals surface area contributed by atoms with Crippen LogP contribution in [-0.2, 0) is 9.53 Å². The van der Waals surface area contributed by atoms with Gasteiger partial charge in [-0.3, -0.25) is 4.79 Å². The molecule has 1 unspecified atom stereocenters. The van der Waals surface area contributed by atoms with E-state index in [2.05, 4.69) is 0 Å². The van der Waals surface area contributed by atoms with Crippen molar-refractivity contribution in [1.29, 1.82) is 0 Å². The number of nitrogen functional groups attached to an aromatic ring is 1. The number of benzene rings is 1. The van der Waals surface area contributed by atoms with Crippen LogP contribution in [0.5, 0.6) is 0 Å². The van der Waals surface area contributed by atoms with Crippen molar-refractivity contribution in [3.8, 4) is 0 Å². The third-order valence-electron chi connectivity index (χ3n) is 1.69. The van der Waals surface area contributed by atoms with Crippen molar-refractivity contribution < 1.29 is 9.53 Å². The minimum absolute atomic E-state index is 0.274. The fraction of sp³-hybridized carbons (Fsp3) is 0.222. The first-order chi connectivity index (χ1) is 5.75. The average Bonchev–Trinajstić information content (AvgIpc) is 2.05. The lowest BCUT2D eigenvalue weighted by Crippen LogP contribution is -2.01. The molecule has 1 aromatic carbocycles. The molecule has 0 aliphatic carbocycles. The lowest BCUT2D eigenvalue weighted by atomic mass is 10.1. The summed E-state index contributed by atoms with van der Waals surface area (Å²) in [6.45, 7) is 2.21. The van der Waals surface area contributed by atoms with Crippen LogP contribution >= 0.6 is 0 Å². The van der Waals surface area contributed by atoms with Gasteiger partial charge in [-0.2, -0.15) is 0 Å². The zero-order valence-electron chi connectivity index (χ0n) is 6.86. The molecule has 0 heterocycles. The molecule has 1 atom stereocenters. The molecular formula is C9H11NO2. The van der Waals surface area contributed by atoms with Crippen LogP contribution in [0.25, 0.3) is 0 Å². The van der Waals surface area contributed by atoms with Crippen LogP contribution in [0.4, 0.5) is 5.69 Å². The van der Waals surface area contributed by atoms with E-state index in [9.17, 15) is 4.79 Å². The van der Waals surface area contributed by atoms with E-state index in [0.717, 1.165) is 5.56 Å². The van der Waals surface area contributed by atoms with Gasteiger partial charge >= 0.3 is 0 Å². The van der Waals surface area contributed by atoms with Gasteiger partial charge in [-0.1, -0.05) is 18.2 Å². The van der Waals surface area contributed by atoms with E-state index in [1.54, 1.807) is 13.0 Å². The molecular weight excluding hydrogens is 154 g/mol. The molecule has 0 aliphatic heterocycles. The van der Waals surface area contributed by atoms with Crippen LogP contribution in [0.15, 0.2) is 24.3 Å². The Morgan fingerprint density at radius 1 is 1.50 bits per heavy atom. The minimum Gasteiger partial charge on any atom is -0.460 e. The predicted molar refractivity (Wildman–Crippen MR) is 46.4 cm³/mol. The number of nitrogens with two attached hydrogens (primary N) is 1. The Morgan fingerprint density at radius 2 is 2.17 bits per heavy atom. The van der Waals surface area contributed by atoms with Gasteiger partial charge in [-0.05, 0) is 13.0 Å². The van der Waals surface area contributed by atoms with E-state index < -0.39 is 0 Å². The number of hydrogen-bond donors (Lipinski definition) is 1. The second-order valence-corrected chi connectivity index (χ2v) is 2.50. The second kappa shape index (κ2) is 3.76. The summed E-state index contributed by atoms with van der Waals surface area (Å²) < 4.78 is 4.75. The third kappa shape index (κ3) is 1.75. The molecule has 2 N–H and O–H groups in total. The highest BCUT2D eigenvalue weighted by Crippen LogP contribution is 2.21. The number of anilines is 1. The van der Waals surface area contributed by atoms with E-state index in [1.807, 2.05) is 18.2 Å². The summed E-state index contributed by atoms with van der Waals surface area (Å²) in [6.07, 6.45) is -0.274. The molecule has 1 rings (SSSR count). The molecule has 0 fully saturated rings. The molecule has 0 bridgehead atoms. The molecule has 0 spiro atoms. The normalized spacial score (nSPS) is 12.1. The summed E-state index contributed by atoms with van der Waals surface area (Å²) in [7, 11) is 0. The Bertz CT molecular complexity index is 273. The van der Waals surface area contributed by atoms with Gasteiger partial charge in [0, 0.05) is 11.3 Å². The molecule has 3 nitrogen and oxygen atoms in total. The minimum atomic E-state index is -0.274. The topological polar surface area (TPSA) is 52.3 Å². The van der Waals surface area contributed by atoms with Crippen LogP contribution in [0, 0.1) is 0 Å². The van der Waals surface area contributed by atoms with Crippen molar-refractivity contribution >= 4 is 12.2 Å². The zero-order valence-corrected chi connectivity index (χ0v) is 6.86. The number of para-hydroxylation sites is 1. The highest BCUT2D eigenvalue weighted by molar-refractivity contribution is 5.49. The van der Waals surface area contributed by atoms with E-state index in [-0.39, 0.29) is 6.10 Å². The molecule has 12 heavy (non-hydrogen) atoms. The second-order valence-electron chi connectivity index (χ2n) is 2.50. The summed E-state index contributed by atoms with van der Waals surface area (Å²) in [4.78, 5) is 10.0. The summed E-state index contributed by atoms with van der Waals surface area (Å²) in [5, 5.41) is 0. The number of carbonyl (C=O) groups excluding carboxylic acids is 1. The first kappa shape index (κ1) is 8.59. The van der Waals surface area contributed by atoms with Crippen LogP contribution < -0.4 is 5.73 Å². The first-order valence-corrected chi connectivity index (χ1v) is 3.69. The number of hydrogen-bond acceptors (Lipinski definition) is 3. The van der Waals surface area contributed by atoms with E-state index in [1.165, 1.54) is 0 Å².